The van der Waals surface area contributed by atoms with Gasteiger partial charge < -0.3 is 0 Å². The Morgan fingerprint density at radius 3 is 2.22 bits per heavy atom. The minimum atomic E-state index is -0.903. The zero-order chi connectivity index (χ0) is 17.7. The highest BCUT2D eigenvalue weighted by atomic mass is 16.2. The fourth-order valence-electron chi connectivity index (χ4n) is 2.53. The van der Waals surface area contributed by atoms with Crippen LogP contribution in [0.25, 0.3) is 0 Å². The SMILES string of the molecule is C#CC.C/C=C1/C(=O)N(C2CCC(=O)NC2=O)C(=O)C1=C(C)C. The first kappa shape index (κ1) is 18.4. The number of nitrogens with one attached hydrogen (secondary N) is 1. The molecule has 0 saturated carbocycles. The van der Waals surface area contributed by atoms with E-state index in [2.05, 4.69) is 17.7 Å². The van der Waals surface area contributed by atoms with E-state index in [0.717, 1.165) is 10.5 Å². The van der Waals surface area contributed by atoms with Crippen LogP contribution in [0.4, 0.5) is 0 Å². The summed E-state index contributed by atoms with van der Waals surface area (Å²) in [4.78, 5) is 48.7. The standard InChI is InChI=1S/C14H16N2O4.C3H4/c1-4-8-11(7(2)3)14(20)16(13(8)19)9-5-6-10(17)15-12(9)18;1-3-2/h4,9H,5-6H2,1-3H3,(H,15,17,18);1H,2H3/b8-4+;. The van der Waals surface area contributed by atoms with Crippen molar-refractivity contribution in [2.45, 2.75) is 46.6 Å². The zero-order valence-corrected chi connectivity index (χ0v) is 13.7. The van der Waals surface area contributed by atoms with E-state index in [-0.39, 0.29) is 18.7 Å². The number of amides is 4. The average Bonchev–Trinajstić information content (AvgIpc) is 2.71. The number of hydrogen-bond donors (Lipinski definition) is 1. The van der Waals surface area contributed by atoms with E-state index in [0.29, 0.717) is 11.1 Å². The van der Waals surface area contributed by atoms with Crippen LogP contribution in [0, 0.1) is 12.3 Å². The first-order valence-electron chi connectivity index (χ1n) is 7.23. The minimum Gasteiger partial charge on any atom is -0.295 e. The second-order valence-electron chi connectivity index (χ2n) is 5.31. The second-order valence-corrected chi connectivity index (χ2v) is 5.31. The number of hydrogen-bond acceptors (Lipinski definition) is 4. The topological polar surface area (TPSA) is 83.6 Å². The maximum absolute atomic E-state index is 12.4. The van der Waals surface area contributed by atoms with Crippen molar-refractivity contribution in [3.05, 3.63) is 22.8 Å². The van der Waals surface area contributed by atoms with Gasteiger partial charge in [0.1, 0.15) is 6.04 Å². The molecule has 2 rings (SSSR count). The van der Waals surface area contributed by atoms with Crippen molar-refractivity contribution in [3.8, 4) is 12.3 Å². The van der Waals surface area contributed by atoms with Gasteiger partial charge in [0.05, 0.1) is 5.57 Å². The lowest BCUT2D eigenvalue weighted by molar-refractivity contribution is -0.149. The van der Waals surface area contributed by atoms with E-state index in [9.17, 15) is 19.2 Å². The summed E-state index contributed by atoms with van der Waals surface area (Å²) in [6, 6.07) is -0.903. The number of nitrogens with zero attached hydrogens (tertiary/aromatic N) is 1. The lowest BCUT2D eigenvalue weighted by Gasteiger charge is -2.27. The van der Waals surface area contributed by atoms with Gasteiger partial charge in [-0.05, 0) is 34.1 Å². The molecule has 0 radical (unpaired) electrons. The first-order chi connectivity index (χ1) is 10.8. The van der Waals surface area contributed by atoms with Crippen molar-refractivity contribution in [2.24, 2.45) is 0 Å². The van der Waals surface area contributed by atoms with Crippen LogP contribution in [0.5, 0.6) is 0 Å². The van der Waals surface area contributed by atoms with Crippen molar-refractivity contribution in [1.82, 2.24) is 10.2 Å². The Kier molecular flexibility index (Phi) is 6.02. The van der Waals surface area contributed by atoms with Crippen molar-refractivity contribution < 1.29 is 19.2 Å². The fourth-order valence-corrected chi connectivity index (χ4v) is 2.53. The van der Waals surface area contributed by atoms with Crippen LogP contribution in [-0.4, -0.2) is 34.6 Å². The molecule has 1 N–H and O–H groups in total. The normalized spacial score (nSPS) is 22.6. The third kappa shape index (κ3) is 3.57. The highest BCUT2D eigenvalue weighted by Crippen LogP contribution is 2.31. The minimum absolute atomic E-state index is 0.128. The molecule has 2 heterocycles. The van der Waals surface area contributed by atoms with Gasteiger partial charge in [-0.1, -0.05) is 11.6 Å². The van der Waals surface area contributed by atoms with E-state index >= 15 is 0 Å². The number of rotatable bonds is 1. The highest BCUT2D eigenvalue weighted by molar-refractivity contribution is 6.26. The van der Waals surface area contributed by atoms with Gasteiger partial charge in [0, 0.05) is 12.0 Å². The molecule has 2 aliphatic heterocycles. The van der Waals surface area contributed by atoms with Crippen LogP contribution in [0.1, 0.15) is 40.5 Å². The van der Waals surface area contributed by atoms with Gasteiger partial charge >= 0.3 is 0 Å². The fraction of sp³-hybridized carbons (Fsp3) is 0.412. The smallest absolute Gasteiger partial charge is 0.262 e. The molecule has 1 unspecified atom stereocenters. The predicted molar refractivity (Wildman–Crippen MR) is 84.7 cm³/mol. The highest BCUT2D eigenvalue weighted by Gasteiger charge is 2.46. The first-order valence-corrected chi connectivity index (χ1v) is 7.23. The molecule has 23 heavy (non-hydrogen) atoms. The number of likely N-dealkylation sites (tertiary alicyclic amines) is 1. The molecule has 4 amide bonds. The molecule has 6 heteroatoms. The maximum atomic E-state index is 12.4. The van der Waals surface area contributed by atoms with Crippen molar-refractivity contribution >= 4 is 23.6 Å². The number of piperidine rings is 1. The molecule has 2 fully saturated rings. The summed E-state index contributed by atoms with van der Waals surface area (Å²) in [6.45, 7) is 6.83. The van der Waals surface area contributed by atoms with E-state index < -0.39 is 23.8 Å². The predicted octanol–water partition coefficient (Wildman–Crippen LogP) is 1.08. The van der Waals surface area contributed by atoms with E-state index in [1.807, 2.05) is 0 Å². The summed E-state index contributed by atoms with van der Waals surface area (Å²) in [6.07, 6.45) is 6.48. The lowest BCUT2D eigenvalue weighted by atomic mass is 10.0. The Morgan fingerprint density at radius 1 is 1.26 bits per heavy atom. The molecule has 0 spiro atoms. The molecule has 2 saturated heterocycles. The molecule has 2 aliphatic rings. The molecule has 1 atom stereocenters. The lowest BCUT2D eigenvalue weighted by Crippen LogP contribution is -2.54. The Bertz CT molecular complexity index is 661. The molecule has 0 aromatic rings. The van der Waals surface area contributed by atoms with Crippen LogP contribution < -0.4 is 5.32 Å². The Labute approximate surface area is 135 Å². The van der Waals surface area contributed by atoms with Crippen LogP contribution in [0.15, 0.2) is 22.8 Å². The van der Waals surface area contributed by atoms with Gasteiger partial charge in [0.25, 0.3) is 11.8 Å². The summed E-state index contributed by atoms with van der Waals surface area (Å²) >= 11 is 0. The number of allylic oxidation sites excluding steroid dienone is 2. The molecular weight excluding hydrogens is 296 g/mol. The van der Waals surface area contributed by atoms with Crippen molar-refractivity contribution in [3.63, 3.8) is 0 Å². The molecule has 122 valence electrons. The molecule has 6 nitrogen and oxygen atoms in total. The average molecular weight is 316 g/mol. The molecule has 0 aromatic heterocycles. The van der Waals surface area contributed by atoms with E-state index in [4.69, 9.17) is 0 Å². The Balaban J connectivity index is 0.000000816. The van der Waals surface area contributed by atoms with Gasteiger partial charge in [0.15, 0.2) is 0 Å². The third-order valence-electron chi connectivity index (χ3n) is 3.46. The quantitative estimate of drug-likeness (QED) is 0.446. The van der Waals surface area contributed by atoms with Gasteiger partial charge in [-0.2, -0.15) is 0 Å². The van der Waals surface area contributed by atoms with Gasteiger partial charge in [0.2, 0.25) is 11.8 Å². The summed E-state index contributed by atoms with van der Waals surface area (Å²) in [5, 5.41) is 2.16. The zero-order valence-electron chi connectivity index (χ0n) is 13.7. The molecule has 0 bridgehead atoms. The number of carbonyl (C=O) groups is 4. The number of terminal acetylenes is 1. The van der Waals surface area contributed by atoms with E-state index in [1.165, 1.54) is 0 Å². The second kappa shape index (κ2) is 7.54. The van der Waals surface area contributed by atoms with Crippen LogP contribution in [0.3, 0.4) is 0 Å². The van der Waals surface area contributed by atoms with Crippen LogP contribution in [0.2, 0.25) is 0 Å². The largest absolute Gasteiger partial charge is 0.295 e. The third-order valence-corrected chi connectivity index (χ3v) is 3.46. The Morgan fingerprint density at radius 2 is 1.83 bits per heavy atom. The van der Waals surface area contributed by atoms with E-state index in [1.54, 1.807) is 33.8 Å². The summed E-state index contributed by atoms with van der Waals surface area (Å²) < 4.78 is 0. The van der Waals surface area contributed by atoms with Crippen molar-refractivity contribution in [2.75, 3.05) is 0 Å². The number of carbonyl (C=O) groups excluding carboxylic acids is 4. The van der Waals surface area contributed by atoms with Gasteiger partial charge in [-0.15, -0.1) is 12.3 Å². The van der Waals surface area contributed by atoms with Crippen molar-refractivity contribution in [1.29, 1.82) is 0 Å². The van der Waals surface area contributed by atoms with Gasteiger partial charge in [-0.3, -0.25) is 29.4 Å². The molecular formula is C17H20N2O4. The summed E-state index contributed by atoms with van der Waals surface area (Å²) in [5.74, 6) is 0.355. The Hall–Kier alpha value is -2.68. The molecule has 0 aliphatic carbocycles. The van der Waals surface area contributed by atoms with Gasteiger partial charge in [-0.25, -0.2) is 0 Å². The van der Waals surface area contributed by atoms with Crippen LogP contribution >= 0.6 is 0 Å². The monoisotopic (exact) mass is 316 g/mol. The molecule has 0 aromatic carbocycles. The maximum Gasteiger partial charge on any atom is 0.262 e. The summed E-state index contributed by atoms with van der Waals surface area (Å²) in [7, 11) is 0. The number of imide groups is 2. The van der Waals surface area contributed by atoms with Crippen LogP contribution in [-0.2, 0) is 19.2 Å². The summed E-state index contributed by atoms with van der Waals surface area (Å²) in [5.41, 5.74) is 1.40.